The van der Waals surface area contributed by atoms with Crippen molar-refractivity contribution in [3.05, 3.63) is 102 Å². The van der Waals surface area contributed by atoms with Crippen LogP contribution in [0.3, 0.4) is 0 Å². The van der Waals surface area contributed by atoms with Gasteiger partial charge in [0, 0.05) is 18.7 Å². The summed E-state index contributed by atoms with van der Waals surface area (Å²) < 4.78 is 1.87. The van der Waals surface area contributed by atoms with Crippen molar-refractivity contribution in [1.29, 1.82) is 0 Å². The lowest BCUT2D eigenvalue weighted by Gasteiger charge is -2.47. The monoisotopic (exact) mass is 451 g/mol. The summed E-state index contributed by atoms with van der Waals surface area (Å²) in [6, 6.07) is 19.8. The van der Waals surface area contributed by atoms with Crippen molar-refractivity contribution in [2.75, 3.05) is 18.0 Å². The van der Waals surface area contributed by atoms with Gasteiger partial charge in [-0.05, 0) is 16.7 Å². The molecule has 2 aliphatic heterocycles. The summed E-state index contributed by atoms with van der Waals surface area (Å²) in [6.07, 6.45) is 4.36. The maximum atomic E-state index is 11.1. The van der Waals surface area contributed by atoms with Crippen LogP contribution in [0, 0.1) is 0 Å². The Morgan fingerprint density at radius 3 is 2.65 bits per heavy atom. The molecule has 0 spiro atoms. The predicted molar refractivity (Wildman–Crippen MR) is 132 cm³/mol. The van der Waals surface area contributed by atoms with Gasteiger partial charge in [0.25, 0.3) is 0 Å². The molecule has 4 aromatic rings. The SMILES string of the molecule is C=C(O)Cn1cnc2c(C3Cc4ccccc4C=N3)nc(N3CC(O)(c4ccccc4)C3)cc21. The Hall–Kier alpha value is -3.97. The number of allylic oxidation sites excluding steroid dienone is 1. The highest BCUT2D eigenvalue weighted by atomic mass is 16.3. The van der Waals surface area contributed by atoms with E-state index in [1.54, 1.807) is 6.33 Å². The highest BCUT2D eigenvalue weighted by molar-refractivity contribution is 5.85. The van der Waals surface area contributed by atoms with Crippen molar-refractivity contribution in [2.45, 2.75) is 24.6 Å². The Morgan fingerprint density at radius 2 is 1.85 bits per heavy atom. The number of hydrogen-bond donors (Lipinski definition) is 2. The van der Waals surface area contributed by atoms with Gasteiger partial charge in [0.2, 0.25) is 0 Å². The van der Waals surface area contributed by atoms with Crippen LogP contribution in [0.2, 0.25) is 0 Å². The number of anilines is 1. The van der Waals surface area contributed by atoms with E-state index in [9.17, 15) is 10.2 Å². The number of aromatic nitrogens is 3. The lowest BCUT2D eigenvalue weighted by molar-refractivity contribution is 0.00705. The third kappa shape index (κ3) is 3.45. The molecule has 1 atom stereocenters. The van der Waals surface area contributed by atoms with Crippen molar-refractivity contribution in [2.24, 2.45) is 4.99 Å². The van der Waals surface area contributed by atoms with Crippen LogP contribution in [0.5, 0.6) is 0 Å². The highest BCUT2D eigenvalue weighted by Gasteiger charge is 2.43. The molecule has 6 rings (SSSR count). The van der Waals surface area contributed by atoms with Gasteiger partial charge < -0.3 is 19.7 Å². The van der Waals surface area contributed by atoms with Crippen molar-refractivity contribution < 1.29 is 10.2 Å². The number of β-amino-alcohol motifs (C(OH)–C–C–N with tert-alkyl or cyclic N) is 1. The summed E-state index contributed by atoms with van der Waals surface area (Å²) in [7, 11) is 0. The Bertz CT molecular complexity index is 1420. The lowest BCUT2D eigenvalue weighted by atomic mass is 9.86. The molecule has 0 amide bonds. The molecule has 1 unspecified atom stereocenters. The first kappa shape index (κ1) is 20.6. The van der Waals surface area contributed by atoms with Gasteiger partial charge in [-0.3, -0.25) is 4.99 Å². The normalized spacial score (nSPS) is 18.5. The fraction of sp³-hybridized carbons (Fsp3) is 0.222. The molecule has 2 N–H and O–H groups in total. The maximum absolute atomic E-state index is 11.1. The number of hydrogen-bond acceptors (Lipinski definition) is 6. The quantitative estimate of drug-likeness (QED) is 0.449. The maximum Gasteiger partial charge on any atom is 0.131 e. The summed E-state index contributed by atoms with van der Waals surface area (Å²) in [6.45, 7) is 4.79. The van der Waals surface area contributed by atoms with Crippen LogP contribution in [-0.2, 0) is 18.6 Å². The van der Waals surface area contributed by atoms with Gasteiger partial charge in [0.15, 0.2) is 0 Å². The second kappa shape index (κ2) is 7.81. The minimum Gasteiger partial charge on any atom is -0.511 e. The van der Waals surface area contributed by atoms with E-state index in [0.29, 0.717) is 13.1 Å². The summed E-state index contributed by atoms with van der Waals surface area (Å²) in [5.74, 6) is 0.827. The second-order valence-corrected chi connectivity index (χ2v) is 9.12. The van der Waals surface area contributed by atoms with Gasteiger partial charge in [0.05, 0.1) is 43.2 Å². The Morgan fingerprint density at radius 1 is 1.09 bits per heavy atom. The first-order valence-corrected chi connectivity index (χ1v) is 11.4. The number of rotatable bonds is 5. The molecule has 0 aliphatic carbocycles. The van der Waals surface area contributed by atoms with Gasteiger partial charge in [-0.1, -0.05) is 61.2 Å². The van der Waals surface area contributed by atoms with Crippen LogP contribution < -0.4 is 4.90 Å². The predicted octanol–water partition coefficient (Wildman–Crippen LogP) is 3.93. The van der Waals surface area contributed by atoms with E-state index >= 15 is 0 Å². The molecule has 0 radical (unpaired) electrons. The molecule has 1 saturated heterocycles. The third-order valence-corrected chi connectivity index (χ3v) is 6.69. The molecule has 7 nitrogen and oxygen atoms in total. The molecule has 0 bridgehead atoms. The van der Waals surface area contributed by atoms with E-state index < -0.39 is 5.60 Å². The molecule has 2 aromatic heterocycles. The number of aliphatic hydroxyl groups is 2. The number of nitrogens with zero attached hydrogens (tertiary/aromatic N) is 5. The smallest absolute Gasteiger partial charge is 0.131 e. The van der Waals surface area contributed by atoms with Crippen LogP contribution in [0.4, 0.5) is 5.82 Å². The average molecular weight is 452 g/mol. The summed E-state index contributed by atoms with van der Waals surface area (Å²) in [5, 5.41) is 20.9. The lowest BCUT2D eigenvalue weighted by Crippen LogP contribution is -2.59. The van der Waals surface area contributed by atoms with E-state index in [1.165, 1.54) is 5.56 Å². The number of imidazole rings is 1. The summed E-state index contributed by atoms with van der Waals surface area (Å²) in [5.41, 5.74) is 4.79. The zero-order chi connectivity index (χ0) is 23.3. The van der Waals surface area contributed by atoms with Gasteiger partial charge in [-0.2, -0.15) is 0 Å². The fourth-order valence-electron chi connectivity index (χ4n) is 4.91. The standard InChI is InChI=1S/C27H25N5O2/c1-18(33)14-31-17-29-26-23(31)12-24(32-15-27(34,16-32)21-9-3-2-4-10-21)30-25(26)22-11-19-7-5-6-8-20(19)13-28-22/h2-10,12-13,17,22,33-34H,1,11,14-16H2. The first-order chi connectivity index (χ1) is 16.5. The highest BCUT2D eigenvalue weighted by Crippen LogP contribution is 2.38. The van der Waals surface area contributed by atoms with Crippen LogP contribution in [-0.4, -0.2) is 44.1 Å². The molecular weight excluding hydrogens is 426 g/mol. The van der Waals surface area contributed by atoms with E-state index in [4.69, 9.17) is 9.98 Å². The van der Waals surface area contributed by atoms with Crippen molar-refractivity contribution in [3.8, 4) is 0 Å². The van der Waals surface area contributed by atoms with Crippen LogP contribution in [0.25, 0.3) is 11.0 Å². The van der Waals surface area contributed by atoms with E-state index in [2.05, 4.69) is 28.6 Å². The van der Waals surface area contributed by atoms with Gasteiger partial charge in [0.1, 0.15) is 22.7 Å². The minimum atomic E-state index is -0.903. The molecule has 170 valence electrons. The van der Waals surface area contributed by atoms with E-state index in [0.717, 1.165) is 40.1 Å². The zero-order valence-electron chi connectivity index (χ0n) is 18.7. The Labute approximate surface area is 197 Å². The van der Waals surface area contributed by atoms with Crippen molar-refractivity contribution in [1.82, 2.24) is 14.5 Å². The van der Waals surface area contributed by atoms with Gasteiger partial charge in [-0.25, -0.2) is 9.97 Å². The third-order valence-electron chi connectivity index (χ3n) is 6.69. The van der Waals surface area contributed by atoms with Crippen molar-refractivity contribution in [3.63, 3.8) is 0 Å². The van der Waals surface area contributed by atoms with Crippen LogP contribution >= 0.6 is 0 Å². The molecule has 0 saturated carbocycles. The van der Waals surface area contributed by atoms with Gasteiger partial charge in [-0.15, -0.1) is 0 Å². The van der Waals surface area contributed by atoms with E-state index in [1.807, 2.05) is 59.3 Å². The number of fused-ring (bicyclic) bond motifs is 2. The Balaban J connectivity index is 1.39. The molecular formula is C27H25N5O2. The summed E-state index contributed by atoms with van der Waals surface area (Å²) >= 11 is 0. The molecule has 34 heavy (non-hydrogen) atoms. The van der Waals surface area contributed by atoms with Crippen LogP contribution in [0.1, 0.15) is 28.4 Å². The first-order valence-electron chi connectivity index (χ1n) is 11.4. The molecule has 1 fully saturated rings. The minimum absolute atomic E-state index is 0.0613. The number of aliphatic hydroxyl groups excluding tert-OH is 1. The number of aliphatic imine (C=N–C) groups is 1. The summed E-state index contributed by atoms with van der Waals surface area (Å²) in [4.78, 5) is 16.5. The van der Waals surface area contributed by atoms with Gasteiger partial charge >= 0.3 is 0 Å². The number of benzene rings is 2. The zero-order valence-corrected chi connectivity index (χ0v) is 18.7. The Kier molecular flexibility index (Phi) is 4.74. The number of pyridine rings is 1. The fourth-order valence-corrected chi connectivity index (χ4v) is 4.91. The largest absolute Gasteiger partial charge is 0.511 e. The molecule has 2 aromatic carbocycles. The average Bonchev–Trinajstić information content (AvgIpc) is 3.23. The van der Waals surface area contributed by atoms with Crippen molar-refractivity contribution >= 4 is 23.1 Å². The van der Waals surface area contributed by atoms with E-state index in [-0.39, 0.29) is 18.3 Å². The molecule has 4 heterocycles. The topological polar surface area (TPSA) is 86.8 Å². The van der Waals surface area contributed by atoms with Crippen LogP contribution in [0.15, 0.2) is 84.3 Å². The molecule has 2 aliphatic rings. The second-order valence-electron chi connectivity index (χ2n) is 9.12. The molecule has 7 heteroatoms.